The molecule has 0 saturated heterocycles. The van der Waals surface area contributed by atoms with Crippen molar-refractivity contribution in [3.05, 3.63) is 66.0 Å². The number of hydrogen-bond acceptors (Lipinski definition) is 5. The van der Waals surface area contributed by atoms with E-state index in [0.29, 0.717) is 17.2 Å². The Kier molecular flexibility index (Phi) is 3.74. The highest BCUT2D eigenvalue weighted by molar-refractivity contribution is 6.12. The zero-order chi connectivity index (χ0) is 19.2. The van der Waals surface area contributed by atoms with Gasteiger partial charge in [0.15, 0.2) is 0 Å². The van der Waals surface area contributed by atoms with E-state index in [-0.39, 0.29) is 5.91 Å². The monoisotopic (exact) mass is 355 g/mol. The van der Waals surface area contributed by atoms with Crippen LogP contribution >= 0.6 is 0 Å². The lowest BCUT2D eigenvalue weighted by Gasteiger charge is -2.20. The average molecular weight is 355 g/mol. The molecule has 3 heterocycles. The number of pyridine rings is 1. The van der Waals surface area contributed by atoms with Gasteiger partial charge in [-0.3, -0.25) is 9.69 Å². The van der Waals surface area contributed by atoms with E-state index in [1.54, 1.807) is 35.6 Å². The van der Waals surface area contributed by atoms with Crippen molar-refractivity contribution >= 4 is 17.3 Å². The first kappa shape index (κ1) is 16.9. The first-order valence-corrected chi connectivity index (χ1v) is 8.56. The highest BCUT2D eigenvalue weighted by Gasteiger charge is 2.44. The van der Waals surface area contributed by atoms with Gasteiger partial charge in [0.25, 0.3) is 0 Å². The summed E-state index contributed by atoms with van der Waals surface area (Å²) in [6.45, 7) is 5.67. The molecule has 0 atom stereocenters. The number of fused-ring (bicyclic) bond motifs is 1. The molecule has 6 heteroatoms. The summed E-state index contributed by atoms with van der Waals surface area (Å²) in [7, 11) is 0. The molecule has 0 N–H and O–H groups in total. The van der Waals surface area contributed by atoms with E-state index in [4.69, 9.17) is 5.26 Å². The van der Waals surface area contributed by atoms with Crippen molar-refractivity contribution in [2.45, 2.75) is 26.2 Å². The zero-order valence-electron chi connectivity index (χ0n) is 15.3. The number of hydrogen-bond donors (Lipinski definition) is 0. The summed E-state index contributed by atoms with van der Waals surface area (Å²) in [5.74, 6) is 0.683. The van der Waals surface area contributed by atoms with Crippen LogP contribution in [0, 0.1) is 18.3 Å². The molecule has 27 heavy (non-hydrogen) atoms. The van der Waals surface area contributed by atoms with Gasteiger partial charge in [0.05, 0.1) is 23.0 Å². The second-order valence-electron chi connectivity index (χ2n) is 7.03. The van der Waals surface area contributed by atoms with Crippen LogP contribution < -0.4 is 4.90 Å². The number of nitrogens with zero attached hydrogens (tertiary/aromatic N) is 5. The largest absolute Gasteiger partial charge is 0.278 e. The Morgan fingerprint density at radius 3 is 2.37 bits per heavy atom. The minimum Gasteiger partial charge on any atom is -0.278 e. The number of nitriles is 1. The first-order valence-electron chi connectivity index (χ1n) is 8.56. The van der Waals surface area contributed by atoms with Gasteiger partial charge in [-0.1, -0.05) is 12.1 Å². The van der Waals surface area contributed by atoms with E-state index in [1.165, 1.54) is 0 Å². The fraction of sp³-hybridized carbons (Fsp3) is 0.190. The van der Waals surface area contributed by atoms with Crippen LogP contribution in [-0.2, 0) is 10.2 Å². The van der Waals surface area contributed by atoms with E-state index < -0.39 is 5.41 Å². The normalized spacial score (nSPS) is 14.7. The van der Waals surface area contributed by atoms with Gasteiger partial charge in [-0.25, -0.2) is 15.0 Å². The van der Waals surface area contributed by atoms with Gasteiger partial charge >= 0.3 is 0 Å². The minimum atomic E-state index is -0.647. The van der Waals surface area contributed by atoms with Crippen LogP contribution in [0.25, 0.3) is 11.1 Å². The maximum Gasteiger partial charge on any atom is 0.241 e. The number of rotatable bonds is 2. The average Bonchev–Trinajstić information content (AvgIpc) is 2.88. The molecule has 0 aliphatic carbocycles. The summed E-state index contributed by atoms with van der Waals surface area (Å²) in [6, 6.07) is 11.3. The van der Waals surface area contributed by atoms with Crippen molar-refractivity contribution in [2.75, 3.05) is 4.90 Å². The summed E-state index contributed by atoms with van der Waals surface area (Å²) in [4.78, 5) is 27.4. The second kappa shape index (κ2) is 5.99. The molecule has 3 aromatic rings. The lowest BCUT2D eigenvalue weighted by molar-refractivity contribution is -0.121. The third-order valence-electron chi connectivity index (χ3n) is 4.88. The fourth-order valence-corrected chi connectivity index (χ4v) is 3.31. The van der Waals surface area contributed by atoms with Gasteiger partial charge in [0, 0.05) is 18.0 Å². The van der Waals surface area contributed by atoms with Crippen LogP contribution in [-0.4, -0.2) is 20.9 Å². The molecule has 0 bridgehead atoms. The van der Waals surface area contributed by atoms with Crippen LogP contribution in [0.1, 0.15) is 30.9 Å². The Bertz CT molecular complexity index is 1080. The van der Waals surface area contributed by atoms with Crippen molar-refractivity contribution in [3.63, 3.8) is 0 Å². The van der Waals surface area contributed by atoms with Gasteiger partial charge in [-0.05, 0) is 50.1 Å². The third kappa shape index (κ3) is 2.64. The molecular formula is C21H17N5O. The number of anilines is 2. The lowest BCUT2D eigenvalue weighted by Crippen LogP contribution is -2.33. The Morgan fingerprint density at radius 1 is 1.00 bits per heavy atom. The number of carbonyl (C=O) groups excluding carboxylic acids is 1. The van der Waals surface area contributed by atoms with Crippen LogP contribution in [0.3, 0.4) is 0 Å². The highest BCUT2D eigenvalue weighted by Crippen LogP contribution is 2.46. The van der Waals surface area contributed by atoms with Crippen molar-refractivity contribution in [1.29, 1.82) is 5.26 Å². The number of benzene rings is 1. The zero-order valence-corrected chi connectivity index (χ0v) is 15.3. The molecule has 1 amide bonds. The summed E-state index contributed by atoms with van der Waals surface area (Å²) in [5.41, 5.74) is 3.90. The van der Waals surface area contributed by atoms with Crippen LogP contribution in [0.2, 0.25) is 0 Å². The number of amides is 1. The van der Waals surface area contributed by atoms with Crippen LogP contribution in [0.5, 0.6) is 0 Å². The molecule has 0 radical (unpaired) electrons. The predicted octanol–water partition coefficient (Wildman–Crippen LogP) is 3.67. The molecular weight excluding hydrogens is 338 g/mol. The Balaban J connectivity index is 1.86. The number of aromatic nitrogens is 3. The van der Waals surface area contributed by atoms with E-state index in [1.807, 2.05) is 45.0 Å². The molecule has 1 aliphatic heterocycles. The predicted molar refractivity (Wildman–Crippen MR) is 101 cm³/mol. The molecule has 132 valence electrons. The summed E-state index contributed by atoms with van der Waals surface area (Å²) >= 11 is 0. The van der Waals surface area contributed by atoms with Crippen LogP contribution in [0.4, 0.5) is 11.4 Å². The molecule has 1 aliphatic rings. The number of carbonyl (C=O) groups is 1. The smallest absolute Gasteiger partial charge is 0.241 e. The summed E-state index contributed by atoms with van der Waals surface area (Å²) in [5, 5.41) is 8.96. The van der Waals surface area contributed by atoms with Gasteiger partial charge in [-0.15, -0.1) is 0 Å². The first-order chi connectivity index (χ1) is 12.9. The lowest BCUT2D eigenvalue weighted by atomic mass is 9.85. The Labute approximate surface area is 157 Å². The Morgan fingerprint density at radius 2 is 1.74 bits per heavy atom. The maximum absolute atomic E-state index is 13.1. The van der Waals surface area contributed by atoms with Gasteiger partial charge < -0.3 is 0 Å². The quantitative estimate of drug-likeness (QED) is 0.700. The van der Waals surface area contributed by atoms with Crippen molar-refractivity contribution < 1.29 is 4.79 Å². The molecule has 0 spiro atoms. The van der Waals surface area contributed by atoms with Gasteiger partial charge in [0.2, 0.25) is 5.91 Å². The summed E-state index contributed by atoms with van der Waals surface area (Å²) in [6.07, 6.45) is 5.11. The van der Waals surface area contributed by atoms with E-state index in [9.17, 15) is 4.79 Å². The standard InChI is InChI=1S/C21H17N5O/c1-13-23-10-15(11-24-13)14-4-7-18-19(8-14)26(20(27)21(18,2)3)17-6-5-16(9-22)25-12-17/h4-8,10-12H,1-3H3. The SMILES string of the molecule is Cc1ncc(-c2ccc3c(c2)N(c2ccc(C#N)nc2)C(=O)C3(C)C)cn1. The maximum atomic E-state index is 13.1. The molecule has 2 aromatic heterocycles. The molecule has 6 nitrogen and oxygen atoms in total. The van der Waals surface area contributed by atoms with E-state index in [0.717, 1.165) is 22.4 Å². The van der Waals surface area contributed by atoms with Crippen molar-refractivity contribution in [3.8, 4) is 17.2 Å². The molecule has 1 aromatic carbocycles. The van der Waals surface area contributed by atoms with E-state index >= 15 is 0 Å². The minimum absolute atomic E-state index is 0.0266. The van der Waals surface area contributed by atoms with Crippen LogP contribution in [0.15, 0.2) is 48.9 Å². The summed E-state index contributed by atoms with van der Waals surface area (Å²) < 4.78 is 0. The Hall–Kier alpha value is -3.59. The van der Waals surface area contributed by atoms with Gasteiger partial charge in [-0.2, -0.15) is 5.26 Å². The van der Waals surface area contributed by atoms with Crippen molar-refractivity contribution in [2.24, 2.45) is 0 Å². The van der Waals surface area contributed by atoms with Crippen molar-refractivity contribution in [1.82, 2.24) is 15.0 Å². The molecule has 4 rings (SSSR count). The topological polar surface area (TPSA) is 82.8 Å². The molecule has 0 saturated carbocycles. The van der Waals surface area contributed by atoms with Gasteiger partial charge in [0.1, 0.15) is 17.6 Å². The molecule has 0 unspecified atom stereocenters. The highest BCUT2D eigenvalue weighted by atomic mass is 16.2. The fourth-order valence-electron chi connectivity index (χ4n) is 3.31. The van der Waals surface area contributed by atoms with E-state index in [2.05, 4.69) is 15.0 Å². The third-order valence-corrected chi connectivity index (χ3v) is 4.88. The second-order valence-corrected chi connectivity index (χ2v) is 7.03. The number of aryl methyl sites for hydroxylation is 1. The molecule has 0 fully saturated rings.